The number of amides is 1. The van der Waals surface area contributed by atoms with E-state index in [9.17, 15) is 4.79 Å². The van der Waals surface area contributed by atoms with Crippen molar-refractivity contribution in [1.82, 2.24) is 9.97 Å². The van der Waals surface area contributed by atoms with E-state index in [0.29, 0.717) is 12.8 Å². The number of aliphatic hydroxyl groups is 1. The summed E-state index contributed by atoms with van der Waals surface area (Å²) in [6.45, 7) is 0.130. The summed E-state index contributed by atoms with van der Waals surface area (Å²) in [4.78, 5) is 17.1. The number of aryl methyl sites for hydroxylation is 1. The van der Waals surface area contributed by atoms with Gasteiger partial charge < -0.3 is 15.8 Å². The number of nitrogens with one attached hydrogen (secondary N) is 1. The fourth-order valence-corrected chi connectivity index (χ4v) is 0.881. The molecule has 12 heavy (non-hydrogen) atoms. The summed E-state index contributed by atoms with van der Waals surface area (Å²) in [7, 11) is 0. The van der Waals surface area contributed by atoms with Crippen LogP contribution >= 0.6 is 0 Å². The van der Waals surface area contributed by atoms with Gasteiger partial charge in [-0.15, -0.1) is 0 Å². The van der Waals surface area contributed by atoms with Gasteiger partial charge in [-0.2, -0.15) is 0 Å². The Morgan fingerprint density at radius 3 is 3.00 bits per heavy atom. The van der Waals surface area contributed by atoms with E-state index in [1.807, 2.05) is 0 Å². The first-order valence-electron chi connectivity index (χ1n) is 3.68. The minimum atomic E-state index is -0.565. The molecular weight excluding hydrogens is 158 g/mol. The lowest BCUT2D eigenvalue weighted by atomic mass is 10.3. The molecule has 0 unspecified atom stereocenters. The molecule has 4 N–H and O–H groups in total. The number of imidazole rings is 1. The first-order chi connectivity index (χ1) is 5.74. The lowest BCUT2D eigenvalue weighted by molar-refractivity contribution is 0.0991. The standard InChI is InChI=1S/C7H11N3O2/c8-6(12)7-9-4-5(10-7)2-1-3-11/h4,11H,1-3H2,(H2,8,12)(H,9,10). The van der Waals surface area contributed by atoms with Crippen LogP contribution in [0.1, 0.15) is 22.7 Å². The van der Waals surface area contributed by atoms with Crippen LogP contribution in [0.4, 0.5) is 0 Å². The average Bonchev–Trinajstić information content (AvgIpc) is 2.48. The monoisotopic (exact) mass is 169 g/mol. The third-order valence-electron chi connectivity index (χ3n) is 1.47. The van der Waals surface area contributed by atoms with Crippen molar-refractivity contribution in [1.29, 1.82) is 0 Å². The number of H-pyrrole nitrogens is 1. The second-order valence-electron chi connectivity index (χ2n) is 2.45. The Bertz CT molecular complexity index is 269. The minimum Gasteiger partial charge on any atom is -0.396 e. The van der Waals surface area contributed by atoms with E-state index in [-0.39, 0.29) is 12.4 Å². The maximum absolute atomic E-state index is 10.6. The van der Waals surface area contributed by atoms with Gasteiger partial charge in [-0.3, -0.25) is 4.79 Å². The number of aliphatic hydroxyl groups excluding tert-OH is 1. The molecular formula is C7H11N3O2. The fourth-order valence-electron chi connectivity index (χ4n) is 0.881. The summed E-state index contributed by atoms with van der Waals surface area (Å²) in [5.41, 5.74) is 5.79. The lowest BCUT2D eigenvalue weighted by Gasteiger charge is -1.91. The highest BCUT2D eigenvalue weighted by Gasteiger charge is 2.04. The first-order valence-corrected chi connectivity index (χ1v) is 3.68. The normalized spacial score (nSPS) is 10.1. The van der Waals surface area contributed by atoms with Crippen molar-refractivity contribution in [2.24, 2.45) is 5.73 Å². The Morgan fingerprint density at radius 2 is 2.50 bits per heavy atom. The molecule has 5 heteroatoms. The zero-order valence-corrected chi connectivity index (χ0v) is 6.58. The molecule has 0 atom stereocenters. The highest BCUT2D eigenvalue weighted by atomic mass is 16.2. The predicted molar refractivity (Wildman–Crippen MR) is 42.5 cm³/mol. The molecule has 1 amide bonds. The fraction of sp³-hybridized carbons (Fsp3) is 0.429. The van der Waals surface area contributed by atoms with Crippen molar-refractivity contribution < 1.29 is 9.90 Å². The molecule has 0 spiro atoms. The summed E-state index contributed by atoms with van der Waals surface area (Å²) < 4.78 is 0. The maximum atomic E-state index is 10.6. The third-order valence-corrected chi connectivity index (χ3v) is 1.47. The van der Waals surface area contributed by atoms with Crippen LogP contribution in [0, 0.1) is 0 Å². The molecule has 0 aliphatic carbocycles. The van der Waals surface area contributed by atoms with Gasteiger partial charge in [0.05, 0.1) is 0 Å². The highest BCUT2D eigenvalue weighted by molar-refractivity contribution is 5.88. The summed E-state index contributed by atoms with van der Waals surface area (Å²) in [5.74, 6) is -0.395. The van der Waals surface area contributed by atoms with Gasteiger partial charge in [0, 0.05) is 18.5 Å². The number of hydrogen-bond donors (Lipinski definition) is 3. The molecule has 1 rings (SSSR count). The lowest BCUT2D eigenvalue weighted by Crippen LogP contribution is -2.12. The predicted octanol–water partition coefficient (Wildman–Crippen LogP) is -0.567. The van der Waals surface area contributed by atoms with Crippen LogP contribution in [0.15, 0.2) is 6.20 Å². The van der Waals surface area contributed by atoms with Crippen LogP contribution in [0.5, 0.6) is 0 Å². The molecule has 0 radical (unpaired) electrons. The van der Waals surface area contributed by atoms with Crippen molar-refractivity contribution in [3.8, 4) is 0 Å². The zero-order valence-electron chi connectivity index (χ0n) is 6.58. The number of aromatic nitrogens is 2. The van der Waals surface area contributed by atoms with Gasteiger partial charge in [-0.25, -0.2) is 4.98 Å². The van der Waals surface area contributed by atoms with Gasteiger partial charge in [-0.05, 0) is 12.8 Å². The van der Waals surface area contributed by atoms with Crippen molar-refractivity contribution in [2.75, 3.05) is 6.61 Å². The van der Waals surface area contributed by atoms with Crippen LogP contribution in [0.3, 0.4) is 0 Å². The molecule has 1 heterocycles. The molecule has 0 saturated carbocycles. The Hall–Kier alpha value is -1.36. The quantitative estimate of drug-likeness (QED) is 0.563. The molecule has 0 aliphatic heterocycles. The molecule has 0 saturated heterocycles. The molecule has 66 valence electrons. The second kappa shape index (κ2) is 3.87. The molecule has 1 aromatic heterocycles. The molecule has 5 nitrogen and oxygen atoms in total. The van der Waals surface area contributed by atoms with E-state index in [4.69, 9.17) is 10.8 Å². The van der Waals surface area contributed by atoms with E-state index in [1.54, 1.807) is 6.20 Å². The van der Waals surface area contributed by atoms with E-state index >= 15 is 0 Å². The number of aromatic amines is 1. The van der Waals surface area contributed by atoms with Gasteiger partial charge in [-0.1, -0.05) is 0 Å². The summed E-state index contributed by atoms with van der Waals surface area (Å²) >= 11 is 0. The SMILES string of the molecule is NC(=O)c1ncc(CCCO)[nH]1. The van der Waals surface area contributed by atoms with Crippen LogP contribution in [0.25, 0.3) is 0 Å². The average molecular weight is 169 g/mol. The smallest absolute Gasteiger partial charge is 0.284 e. The summed E-state index contributed by atoms with van der Waals surface area (Å²) in [6, 6.07) is 0. The van der Waals surface area contributed by atoms with E-state index in [1.165, 1.54) is 0 Å². The molecule has 0 fully saturated rings. The number of primary amides is 1. The van der Waals surface area contributed by atoms with Crippen molar-refractivity contribution in [3.63, 3.8) is 0 Å². The van der Waals surface area contributed by atoms with Gasteiger partial charge in [0.15, 0.2) is 5.82 Å². The van der Waals surface area contributed by atoms with E-state index in [0.717, 1.165) is 5.69 Å². The molecule has 0 aromatic carbocycles. The largest absolute Gasteiger partial charge is 0.396 e. The second-order valence-corrected chi connectivity index (χ2v) is 2.45. The Morgan fingerprint density at radius 1 is 1.75 bits per heavy atom. The maximum Gasteiger partial charge on any atom is 0.284 e. The van der Waals surface area contributed by atoms with Gasteiger partial charge in [0.1, 0.15) is 0 Å². The van der Waals surface area contributed by atoms with Crippen LogP contribution in [-0.4, -0.2) is 27.6 Å². The van der Waals surface area contributed by atoms with Gasteiger partial charge in [0.2, 0.25) is 0 Å². The Balaban J connectivity index is 2.58. The number of nitrogens with two attached hydrogens (primary N) is 1. The van der Waals surface area contributed by atoms with Gasteiger partial charge in [0.25, 0.3) is 5.91 Å². The summed E-state index contributed by atoms with van der Waals surface area (Å²) in [5, 5.41) is 8.52. The van der Waals surface area contributed by atoms with E-state index in [2.05, 4.69) is 9.97 Å². The topological polar surface area (TPSA) is 92.0 Å². The number of carbonyl (C=O) groups is 1. The zero-order chi connectivity index (χ0) is 8.97. The first kappa shape index (κ1) is 8.73. The minimum absolute atomic E-state index is 0.130. The van der Waals surface area contributed by atoms with E-state index < -0.39 is 5.91 Å². The third kappa shape index (κ3) is 2.06. The Labute approximate surface area is 69.6 Å². The van der Waals surface area contributed by atoms with Crippen molar-refractivity contribution in [3.05, 3.63) is 17.7 Å². The van der Waals surface area contributed by atoms with Crippen LogP contribution in [-0.2, 0) is 6.42 Å². The Kier molecular flexibility index (Phi) is 2.82. The number of rotatable bonds is 4. The highest BCUT2D eigenvalue weighted by Crippen LogP contribution is 1.99. The van der Waals surface area contributed by atoms with Crippen LogP contribution < -0.4 is 5.73 Å². The summed E-state index contributed by atoms with van der Waals surface area (Å²) in [6.07, 6.45) is 2.88. The number of nitrogens with zero attached hydrogens (tertiary/aromatic N) is 1. The molecule has 1 aromatic rings. The molecule has 0 bridgehead atoms. The van der Waals surface area contributed by atoms with Gasteiger partial charge >= 0.3 is 0 Å². The van der Waals surface area contributed by atoms with Crippen LogP contribution in [0.2, 0.25) is 0 Å². The molecule has 0 aliphatic rings. The number of carbonyl (C=O) groups excluding carboxylic acids is 1. The van der Waals surface area contributed by atoms with Crippen molar-refractivity contribution >= 4 is 5.91 Å². The van der Waals surface area contributed by atoms with Crippen molar-refractivity contribution in [2.45, 2.75) is 12.8 Å². The number of hydrogen-bond acceptors (Lipinski definition) is 3.